The lowest BCUT2D eigenvalue weighted by Gasteiger charge is -2.16. The molecule has 0 spiro atoms. The highest BCUT2D eigenvalue weighted by atomic mass is 16.1. The van der Waals surface area contributed by atoms with E-state index in [0.717, 1.165) is 29.8 Å². The van der Waals surface area contributed by atoms with Crippen molar-refractivity contribution in [3.8, 4) is 0 Å². The van der Waals surface area contributed by atoms with E-state index >= 15 is 0 Å². The van der Waals surface area contributed by atoms with Gasteiger partial charge in [0.15, 0.2) is 0 Å². The van der Waals surface area contributed by atoms with Gasteiger partial charge in [0, 0.05) is 24.5 Å². The van der Waals surface area contributed by atoms with Gasteiger partial charge in [0.2, 0.25) is 0 Å². The van der Waals surface area contributed by atoms with E-state index in [2.05, 4.69) is 9.88 Å². The van der Waals surface area contributed by atoms with Gasteiger partial charge in [-0.05, 0) is 32.8 Å². The van der Waals surface area contributed by atoms with Crippen LogP contribution < -0.4 is 5.32 Å². The molecule has 0 unspecified atom stereocenters. The Morgan fingerprint density at radius 1 is 1.22 bits per heavy atom. The number of rotatable bonds is 2. The molecule has 1 amide bonds. The molecule has 1 aromatic rings. The van der Waals surface area contributed by atoms with Crippen LogP contribution in [0.25, 0.3) is 0 Å². The molecule has 1 aromatic heterocycles. The molecule has 1 fully saturated rings. The topological polar surface area (TPSA) is 34.0 Å². The fourth-order valence-electron chi connectivity index (χ4n) is 2.77. The minimum atomic E-state index is 0.100. The molecule has 18 heavy (non-hydrogen) atoms. The van der Waals surface area contributed by atoms with Crippen LogP contribution in [0.15, 0.2) is 6.07 Å². The molecule has 0 bridgehead atoms. The number of aryl methyl sites for hydroxylation is 1. The lowest BCUT2D eigenvalue weighted by Crippen LogP contribution is -2.34. The van der Waals surface area contributed by atoms with Gasteiger partial charge < -0.3 is 9.88 Å². The predicted octanol–water partition coefficient (Wildman–Crippen LogP) is 3.09. The van der Waals surface area contributed by atoms with Gasteiger partial charge in [0.05, 0.1) is 5.56 Å². The van der Waals surface area contributed by atoms with Crippen LogP contribution in [0.5, 0.6) is 0 Å². The van der Waals surface area contributed by atoms with Crippen LogP contribution in [0.2, 0.25) is 0 Å². The third kappa shape index (κ3) is 2.77. The molecule has 3 nitrogen and oxygen atoms in total. The van der Waals surface area contributed by atoms with Crippen LogP contribution >= 0.6 is 0 Å². The monoisotopic (exact) mass is 248 g/mol. The van der Waals surface area contributed by atoms with Crippen molar-refractivity contribution in [3.63, 3.8) is 0 Å². The Bertz CT molecular complexity index is 426. The van der Waals surface area contributed by atoms with E-state index in [0.29, 0.717) is 6.04 Å². The van der Waals surface area contributed by atoms with E-state index in [1.54, 1.807) is 0 Å². The fraction of sp³-hybridized carbons (Fsp3) is 0.667. The lowest BCUT2D eigenvalue weighted by atomic mass is 10.1. The number of nitrogens with one attached hydrogen (secondary N) is 1. The minimum Gasteiger partial charge on any atom is -0.351 e. The normalized spacial score (nSPS) is 17.5. The molecular formula is C15H24N2O. The first-order valence-corrected chi connectivity index (χ1v) is 7.03. The zero-order valence-corrected chi connectivity index (χ0v) is 11.8. The zero-order chi connectivity index (χ0) is 13.1. The molecular weight excluding hydrogens is 224 g/mol. The van der Waals surface area contributed by atoms with Gasteiger partial charge in [-0.15, -0.1) is 0 Å². The third-order valence-electron chi connectivity index (χ3n) is 4.21. The number of amides is 1. The second-order valence-corrected chi connectivity index (χ2v) is 5.51. The van der Waals surface area contributed by atoms with E-state index in [1.165, 1.54) is 25.7 Å². The van der Waals surface area contributed by atoms with Crippen molar-refractivity contribution in [2.45, 2.75) is 58.4 Å². The minimum absolute atomic E-state index is 0.100. The highest BCUT2D eigenvalue weighted by Crippen LogP contribution is 2.19. The number of carbonyl (C=O) groups excluding carboxylic acids is 1. The van der Waals surface area contributed by atoms with Crippen molar-refractivity contribution in [2.24, 2.45) is 7.05 Å². The van der Waals surface area contributed by atoms with E-state index < -0.39 is 0 Å². The molecule has 1 saturated carbocycles. The maximum Gasteiger partial charge on any atom is 0.253 e. The van der Waals surface area contributed by atoms with Gasteiger partial charge in [0.1, 0.15) is 0 Å². The predicted molar refractivity (Wildman–Crippen MR) is 73.8 cm³/mol. The third-order valence-corrected chi connectivity index (χ3v) is 4.21. The molecule has 3 heteroatoms. The maximum atomic E-state index is 12.3. The second-order valence-electron chi connectivity index (χ2n) is 5.51. The van der Waals surface area contributed by atoms with E-state index in [-0.39, 0.29) is 5.91 Å². The van der Waals surface area contributed by atoms with Gasteiger partial charge in [-0.3, -0.25) is 4.79 Å². The quantitative estimate of drug-likeness (QED) is 0.802. The smallest absolute Gasteiger partial charge is 0.253 e. The van der Waals surface area contributed by atoms with Gasteiger partial charge in [-0.1, -0.05) is 25.7 Å². The Morgan fingerprint density at radius 2 is 1.83 bits per heavy atom. The first-order chi connectivity index (χ1) is 8.59. The lowest BCUT2D eigenvalue weighted by molar-refractivity contribution is 0.0932. The van der Waals surface area contributed by atoms with Crippen LogP contribution in [0.3, 0.4) is 0 Å². The molecule has 0 aliphatic heterocycles. The summed E-state index contributed by atoms with van der Waals surface area (Å²) in [6.45, 7) is 4.05. The molecule has 1 heterocycles. The van der Waals surface area contributed by atoms with Gasteiger partial charge >= 0.3 is 0 Å². The highest BCUT2D eigenvalue weighted by molar-refractivity contribution is 5.95. The first kappa shape index (κ1) is 13.2. The molecule has 1 aliphatic carbocycles. The van der Waals surface area contributed by atoms with Crippen molar-refractivity contribution >= 4 is 5.91 Å². The number of aromatic nitrogens is 1. The molecule has 2 rings (SSSR count). The van der Waals surface area contributed by atoms with E-state index in [9.17, 15) is 4.79 Å². The molecule has 1 N–H and O–H groups in total. The average molecular weight is 248 g/mol. The van der Waals surface area contributed by atoms with Crippen molar-refractivity contribution in [2.75, 3.05) is 0 Å². The summed E-state index contributed by atoms with van der Waals surface area (Å²) in [6, 6.07) is 2.36. The number of carbonyl (C=O) groups is 1. The Morgan fingerprint density at radius 3 is 2.33 bits per heavy atom. The summed E-state index contributed by atoms with van der Waals surface area (Å²) in [5, 5.41) is 3.20. The van der Waals surface area contributed by atoms with E-state index in [4.69, 9.17) is 0 Å². The Labute approximate surface area is 110 Å². The van der Waals surface area contributed by atoms with Crippen LogP contribution in [0, 0.1) is 13.8 Å². The van der Waals surface area contributed by atoms with Crippen molar-refractivity contribution in [1.29, 1.82) is 0 Å². The summed E-state index contributed by atoms with van der Waals surface area (Å²) >= 11 is 0. The summed E-state index contributed by atoms with van der Waals surface area (Å²) < 4.78 is 2.07. The fourth-order valence-corrected chi connectivity index (χ4v) is 2.77. The molecule has 0 radical (unpaired) electrons. The molecule has 1 aliphatic rings. The Hall–Kier alpha value is -1.25. The summed E-state index contributed by atoms with van der Waals surface area (Å²) in [5.74, 6) is 0.100. The number of hydrogen-bond acceptors (Lipinski definition) is 1. The SMILES string of the molecule is Cc1cc(C(=O)NC2CCCCCC2)c(C)n1C. The second kappa shape index (κ2) is 5.59. The van der Waals surface area contributed by atoms with Crippen LogP contribution in [-0.2, 0) is 7.05 Å². The zero-order valence-electron chi connectivity index (χ0n) is 11.8. The molecule has 0 aromatic carbocycles. The average Bonchev–Trinajstić information content (AvgIpc) is 2.57. The van der Waals surface area contributed by atoms with Gasteiger partial charge in [-0.25, -0.2) is 0 Å². The largest absolute Gasteiger partial charge is 0.351 e. The van der Waals surface area contributed by atoms with Crippen molar-refractivity contribution in [3.05, 3.63) is 23.0 Å². The van der Waals surface area contributed by atoms with Crippen molar-refractivity contribution < 1.29 is 4.79 Å². The summed E-state index contributed by atoms with van der Waals surface area (Å²) in [5.41, 5.74) is 3.02. The molecule has 100 valence electrons. The summed E-state index contributed by atoms with van der Waals surface area (Å²) in [6.07, 6.45) is 7.40. The van der Waals surface area contributed by atoms with E-state index in [1.807, 2.05) is 27.0 Å². The first-order valence-electron chi connectivity index (χ1n) is 7.03. The van der Waals surface area contributed by atoms with Gasteiger partial charge in [-0.2, -0.15) is 0 Å². The van der Waals surface area contributed by atoms with Crippen LogP contribution in [0.1, 0.15) is 60.3 Å². The van der Waals surface area contributed by atoms with Crippen LogP contribution in [-0.4, -0.2) is 16.5 Å². The van der Waals surface area contributed by atoms with Crippen LogP contribution in [0.4, 0.5) is 0 Å². The Balaban J connectivity index is 2.04. The maximum absolute atomic E-state index is 12.3. The van der Waals surface area contributed by atoms with Crippen molar-refractivity contribution in [1.82, 2.24) is 9.88 Å². The standard InChI is InChI=1S/C15H24N2O/c1-11-10-14(12(2)17(11)3)15(18)16-13-8-6-4-5-7-9-13/h10,13H,4-9H2,1-3H3,(H,16,18). The summed E-state index contributed by atoms with van der Waals surface area (Å²) in [4.78, 5) is 12.3. The highest BCUT2D eigenvalue weighted by Gasteiger charge is 2.18. The Kier molecular flexibility index (Phi) is 4.10. The molecule has 0 saturated heterocycles. The molecule has 0 atom stereocenters. The summed E-state index contributed by atoms with van der Waals surface area (Å²) in [7, 11) is 2.01. The number of nitrogens with zero attached hydrogens (tertiary/aromatic N) is 1. The number of hydrogen-bond donors (Lipinski definition) is 1. The van der Waals surface area contributed by atoms with Gasteiger partial charge in [0.25, 0.3) is 5.91 Å².